The van der Waals surface area contributed by atoms with Crippen LogP contribution >= 0.6 is 27.3 Å². The van der Waals surface area contributed by atoms with Gasteiger partial charge in [0.1, 0.15) is 0 Å². The second kappa shape index (κ2) is 3.12. The van der Waals surface area contributed by atoms with Gasteiger partial charge in [-0.2, -0.15) is 0 Å². The normalized spacial score (nSPS) is 12.9. The van der Waals surface area contributed by atoms with Crippen molar-refractivity contribution in [2.24, 2.45) is 0 Å². The van der Waals surface area contributed by atoms with Gasteiger partial charge in [0, 0.05) is 4.48 Å². The van der Waals surface area contributed by atoms with Crippen LogP contribution in [0, 0.1) is 0 Å². The van der Waals surface area contributed by atoms with E-state index in [9.17, 15) is 0 Å². The van der Waals surface area contributed by atoms with Crippen molar-refractivity contribution in [2.75, 3.05) is 0 Å². The Balaban J connectivity index is 3.55. The SMILES string of the molecule is C=C/C(Br)=c1/scnc1=C. The van der Waals surface area contributed by atoms with Gasteiger partial charge in [-0.05, 0) is 15.9 Å². The number of thiazole rings is 1. The van der Waals surface area contributed by atoms with Crippen LogP contribution in [0.2, 0.25) is 0 Å². The summed E-state index contributed by atoms with van der Waals surface area (Å²) >= 11 is 4.90. The molecular formula is C7H6BrNS. The Hall–Kier alpha value is -0.410. The first kappa shape index (κ1) is 7.69. The van der Waals surface area contributed by atoms with E-state index in [0.29, 0.717) is 0 Å². The third-order valence-corrected chi connectivity index (χ3v) is 2.92. The Labute approximate surface area is 71.5 Å². The van der Waals surface area contributed by atoms with Crippen LogP contribution in [0.15, 0.2) is 18.2 Å². The maximum atomic E-state index is 3.99. The third-order valence-electron chi connectivity index (χ3n) is 1.04. The first-order valence-corrected chi connectivity index (χ1v) is 4.33. The van der Waals surface area contributed by atoms with Gasteiger partial charge in [-0.15, -0.1) is 11.3 Å². The van der Waals surface area contributed by atoms with E-state index < -0.39 is 0 Å². The van der Waals surface area contributed by atoms with Crippen molar-refractivity contribution in [3.05, 3.63) is 28.0 Å². The number of halogens is 1. The molecule has 1 aromatic heterocycles. The van der Waals surface area contributed by atoms with Crippen molar-refractivity contribution < 1.29 is 0 Å². The number of nitrogens with zero attached hydrogens (tertiary/aromatic N) is 1. The highest BCUT2D eigenvalue weighted by molar-refractivity contribution is 9.15. The predicted octanol–water partition coefficient (Wildman–Crippen LogP) is 1.24. The maximum Gasteiger partial charge on any atom is 0.0805 e. The molecule has 0 saturated carbocycles. The average molecular weight is 216 g/mol. The highest BCUT2D eigenvalue weighted by Crippen LogP contribution is 2.03. The smallest absolute Gasteiger partial charge is 0.0805 e. The molecule has 0 atom stereocenters. The van der Waals surface area contributed by atoms with Crippen LogP contribution in [-0.2, 0) is 0 Å². The fourth-order valence-corrected chi connectivity index (χ4v) is 1.74. The van der Waals surface area contributed by atoms with Gasteiger partial charge < -0.3 is 0 Å². The van der Waals surface area contributed by atoms with Crippen molar-refractivity contribution in [1.82, 2.24) is 4.98 Å². The molecule has 0 aromatic carbocycles. The number of hydrogen-bond donors (Lipinski definition) is 0. The molecule has 1 aromatic rings. The zero-order valence-corrected chi connectivity index (χ0v) is 7.70. The topological polar surface area (TPSA) is 12.9 Å². The molecule has 0 aliphatic heterocycles. The predicted molar refractivity (Wildman–Crippen MR) is 49.4 cm³/mol. The summed E-state index contributed by atoms with van der Waals surface area (Å²) in [5.41, 5.74) is 1.77. The lowest BCUT2D eigenvalue weighted by molar-refractivity contribution is 1.33. The van der Waals surface area contributed by atoms with Crippen LogP contribution in [0.4, 0.5) is 0 Å². The Morgan fingerprint density at radius 2 is 2.50 bits per heavy atom. The van der Waals surface area contributed by atoms with E-state index in [1.165, 1.54) is 0 Å². The molecule has 0 fully saturated rings. The lowest BCUT2D eigenvalue weighted by Gasteiger charge is -1.80. The molecule has 3 heteroatoms. The van der Waals surface area contributed by atoms with E-state index in [4.69, 9.17) is 0 Å². The second-order valence-corrected chi connectivity index (χ2v) is 3.39. The number of rotatable bonds is 1. The van der Waals surface area contributed by atoms with Crippen molar-refractivity contribution >= 4 is 38.3 Å². The van der Waals surface area contributed by atoms with Gasteiger partial charge in [-0.25, -0.2) is 4.98 Å². The largest absolute Gasteiger partial charge is 0.245 e. The molecule has 0 unspecified atom stereocenters. The minimum atomic E-state index is 0.803. The Bertz CT molecular complexity index is 339. The van der Waals surface area contributed by atoms with Crippen molar-refractivity contribution in [2.45, 2.75) is 0 Å². The highest BCUT2D eigenvalue weighted by atomic mass is 79.9. The van der Waals surface area contributed by atoms with E-state index in [-0.39, 0.29) is 0 Å². The van der Waals surface area contributed by atoms with E-state index in [2.05, 4.69) is 34.1 Å². The standard InChI is InChI=1S/C7H6BrNS/c1-3-6(8)7-5(2)9-4-10-7/h3-4H,1-2H2/b7-6-. The monoisotopic (exact) mass is 215 g/mol. The summed E-state index contributed by atoms with van der Waals surface area (Å²) in [5.74, 6) is 0. The fraction of sp³-hybridized carbons (Fsp3) is 0. The number of hydrogen-bond acceptors (Lipinski definition) is 2. The summed E-state index contributed by atoms with van der Waals surface area (Å²) in [5, 5.41) is 0.803. The van der Waals surface area contributed by atoms with Crippen LogP contribution in [0.25, 0.3) is 11.1 Å². The molecule has 0 spiro atoms. The molecule has 0 saturated heterocycles. The summed E-state index contributed by atoms with van der Waals surface area (Å²) in [6.45, 7) is 7.38. The van der Waals surface area contributed by atoms with Gasteiger partial charge in [-0.3, -0.25) is 0 Å². The van der Waals surface area contributed by atoms with Crippen LogP contribution in [0.5, 0.6) is 0 Å². The van der Waals surface area contributed by atoms with Gasteiger partial charge >= 0.3 is 0 Å². The fourth-order valence-electron chi connectivity index (χ4n) is 0.556. The van der Waals surface area contributed by atoms with Crippen molar-refractivity contribution in [3.63, 3.8) is 0 Å². The summed E-state index contributed by atoms with van der Waals surface area (Å²) in [7, 11) is 0. The highest BCUT2D eigenvalue weighted by Gasteiger charge is 1.89. The zero-order valence-electron chi connectivity index (χ0n) is 5.30. The minimum Gasteiger partial charge on any atom is -0.245 e. The van der Waals surface area contributed by atoms with Crippen molar-refractivity contribution in [3.8, 4) is 0 Å². The third kappa shape index (κ3) is 1.36. The molecule has 1 heterocycles. The Morgan fingerprint density at radius 3 is 2.90 bits per heavy atom. The number of allylic oxidation sites excluding steroid dienone is 1. The molecule has 0 bridgehead atoms. The van der Waals surface area contributed by atoms with Gasteiger partial charge in [0.25, 0.3) is 0 Å². The molecule has 52 valence electrons. The number of aromatic nitrogens is 1. The summed E-state index contributed by atoms with van der Waals surface area (Å²) in [4.78, 5) is 3.99. The van der Waals surface area contributed by atoms with E-state index in [1.807, 2.05) is 0 Å². The summed E-state index contributed by atoms with van der Waals surface area (Å²) in [6.07, 6.45) is 1.74. The molecule has 0 N–H and O–H groups in total. The quantitative estimate of drug-likeness (QED) is 0.688. The molecule has 0 aliphatic carbocycles. The minimum absolute atomic E-state index is 0.803. The Morgan fingerprint density at radius 1 is 1.80 bits per heavy atom. The first-order valence-electron chi connectivity index (χ1n) is 2.66. The van der Waals surface area contributed by atoms with Gasteiger partial charge in [-0.1, -0.05) is 19.2 Å². The molecule has 10 heavy (non-hydrogen) atoms. The molecule has 1 nitrogen and oxygen atoms in total. The van der Waals surface area contributed by atoms with Crippen LogP contribution in [0.1, 0.15) is 0 Å². The van der Waals surface area contributed by atoms with Crippen LogP contribution in [-0.4, -0.2) is 4.98 Å². The zero-order chi connectivity index (χ0) is 7.56. The van der Waals surface area contributed by atoms with Gasteiger partial charge in [0.05, 0.1) is 15.4 Å². The average Bonchev–Trinajstić information content (AvgIpc) is 2.34. The summed E-state index contributed by atoms with van der Waals surface area (Å²) in [6, 6.07) is 0. The molecule has 1 rings (SSSR count). The van der Waals surface area contributed by atoms with Crippen LogP contribution in [0.3, 0.4) is 0 Å². The molecule has 0 amide bonds. The first-order chi connectivity index (χ1) is 4.75. The van der Waals surface area contributed by atoms with Gasteiger partial charge in [0.15, 0.2) is 0 Å². The van der Waals surface area contributed by atoms with E-state index in [0.717, 1.165) is 14.4 Å². The van der Waals surface area contributed by atoms with Gasteiger partial charge in [0.2, 0.25) is 0 Å². The Kier molecular flexibility index (Phi) is 2.40. The maximum absolute atomic E-state index is 3.99. The van der Waals surface area contributed by atoms with E-state index >= 15 is 0 Å². The summed E-state index contributed by atoms with van der Waals surface area (Å²) < 4.78 is 2.01. The second-order valence-electron chi connectivity index (χ2n) is 1.68. The van der Waals surface area contributed by atoms with Crippen molar-refractivity contribution in [1.29, 1.82) is 0 Å². The lowest BCUT2D eigenvalue weighted by atomic mass is 10.5. The lowest BCUT2D eigenvalue weighted by Crippen LogP contribution is -2.19. The van der Waals surface area contributed by atoms with E-state index in [1.54, 1.807) is 22.9 Å². The molecule has 0 aliphatic rings. The molecule has 0 radical (unpaired) electrons. The molecular weight excluding hydrogens is 210 g/mol. The van der Waals surface area contributed by atoms with Crippen LogP contribution < -0.4 is 9.88 Å².